The van der Waals surface area contributed by atoms with Crippen molar-refractivity contribution < 1.29 is 9.90 Å². The Morgan fingerprint density at radius 3 is 2.46 bits per heavy atom. The van der Waals surface area contributed by atoms with Gasteiger partial charge in [-0.1, -0.05) is 48.9 Å². The molecule has 1 amide bonds. The molecule has 0 bridgehead atoms. The Balaban J connectivity index is 1.40. The summed E-state index contributed by atoms with van der Waals surface area (Å²) in [6.45, 7) is 0.410. The van der Waals surface area contributed by atoms with Gasteiger partial charge in [-0.3, -0.25) is 19.3 Å². The van der Waals surface area contributed by atoms with E-state index in [0.717, 1.165) is 18.6 Å². The minimum atomic E-state index is -0.521. The minimum absolute atomic E-state index is 0.0742. The Morgan fingerprint density at radius 2 is 1.69 bits per heavy atom. The van der Waals surface area contributed by atoms with E-state index in [1.807, 2.05) is 16.7 Å². The number of carbonyl (C=O) groups excluding carboxylic acids is 1. The Hall–Kier alpha value is -3.19. The molecule has 1 N–H and O–H groups in total. The number of hydrogen-bond donors (Lipinski definition) is 1. The van der Waals surface area contributed by atoms with Gasteiger partial charge < -0.3 is 10.0 Å². The number of hydrogen-bond acceptors (Lipinski definition) is 5. The van der Waals surface area contributed by atoms with Crippen molar-refractivity contribution in [1.82, 2.24) is 9.58 Å². The fourth-order valence-corrected chi connectivity index (χ4v) is 7.60. The fourth-order valence-electron chi connectivity index (χ4n) is 6.50. The Kier molecular flexibility index (Phi) is 4.62. The lowest BCUT2D eigenvalue weighted by Crippen LogP contribution is -2.63. The Morgan fingerprint density at radius 1 is 0.943 bits per heavy atom. The number of benzene rings is 2. The molecule has 0 radical (unpaired) electrons. The molecule has 178 valence electrons. The Labute approximate surface area is 208 Å². The highest BCUT2D eigenvalue weighted by atomic mass is 32.2. The summed E-state index contributed by atoms with van der Waals surface area (Å²) >= 11 is 1.82. The third-order valence-corrected chi connectivity index (χ3v) is 9.67. The van der Waals surface area contributed by atoms with Crippen LogP contribution in [0.2, 0.25) is 0 Å². The zero-order valence-corrected chi connectivity index (χ0v) is 20.2. The van der Waals surface area contributed by atoms with Crippen molar-refractivity contribution in [3.8, 4) is 5.75 Å². The summed E-state index contributed by atoms with van der Waals surface area (Å²) in [5.41, 5.74) is 3.57. The standard InChI is InChI=1S/C28H27N3O3S/c32-22-10-13-30-25(26(22)33)27(34)29(19-14-28(15-19)11-5-12-28)17-31(30)24-20-7-2-1-6-18(20)16-35-23-9-4-3-8-21(23)24/h1-4,6-10,13,19,24,33H,5,11-12,14-17H2/t24-/m0/s1. The first kappa shape index (κ1) is 21.1. The summed E-state index contributed by atoms with van der Waals surface area (Å²) in [7, 11) is 0. The van der Waals surface area contributed by atoms with Crippen molar-refractivity contribution in [2.45, 2.75) is 54.8 Å². The average Bonchev–Trinajstić information content (AvgIpc) is 2.98. The number of rotatable bonds is 2. The maximum Gasteiger partial charge on any atom is 0.278 e. The molecule has 2 aromatic carbocycles. The highest BCUT2D eigenvalue weighted by Gasteiger charge is 2.53. The van der Waals surface area contributed by atoms with Gasteiger partial charge in [-0.05, 0) is 53.9 Å². The monoisotopic (exact) mass is 485 g/mol. The number of thioether (sulfide) groups is 1. The van der Waals surface area contributed by atoms with Gasteiger partial charge in [-0.15, -0.1) is 11.8 Å². The summed E-state index contributed by atoms with van der Waals surface area (Å²) in [5.74, 6) is 0.155. The van der Waals surface area contributed by atoms with E-state index in [0.29, 0.717) is 12.1 Å². The van der Waals surface area contributed by atoms with E-state index >= 15 is 0 Å². The number of pyridine rings is 1. The van der Waals surface area contributed by atoms with E-state index in [-0.39, 0.29) is 23.7 Å². The van der Waals surface area contributed by atoms with Crippen LogP contribution in [0, 0.1) is 5.41 Å². The molecule has 2 aliphatic heterocycles. The molecule has 7 heteroatoms. The maximum absolute atomic E-state index is 13.7. The normalized spacial score (nSPS) is 22.5. The van der Waals surface area contributed by atoms with E-state index in [2.05, 4.69) is 53.5 Å². The third-order valence-electron chi connectivity index (χ3n) is 8.53. The molecule has 4 aliphatic rings. The molecule has 6 nitrogen and oxygen atoms in total. The van der Waals surface area contributed by atoms with E-state index in [1.165, 1.54) is 46.9 Å². The molecule has 2 aliphatic carbocycles. The van der Waals surface area contributed by atoms with Crippen LogP contribution in [0.5, 0.6) is 5.75 Å². The van der Waals surface area contributed by atoms with Gasteiger partial charge in [0.2, 0.25) is 5.43 Å². The van der Waals surface area contributed by atoms with Crippen LogP contribution in [-0.2, 0) is 5.75 Å². The highest BCUT2D eigenvalue weighted by Crippen LogP contribution is 2.57. The molecule has 2 fully saturated rings. The summed E-state index contributed by atoms with van der Waals surface area (Å²) in [5, 5.41) is 13.0. The van der Waals surface area contributed by atoms with Crippen molar-refractivity contribution in [3.05, 3.63) is 93.4 Å². The molecular weight excluding hydrogens is 458 g/mol. The summed E-state index contributed by atoms with van der Waals surface area (Å²) < 4.78 is 1.72. The summed E-state index contributed by atoms with van der Waals surface area (Å²) in [6, 6.07) is 18.2. The molecule has 1 aromatic heterocycles. The zero-order valence-electron chi connectivity index (χ0n) is 19.4. The first-order chi connectivity index (χ1) is 17.0. The largest absolute Gasteiger partial charge is 0.502 e. The molecular formula is C28H27N3O3S. The number of amides is 1. The van der Waals surface area contributed by atoms with Gasteiger partial charge in [-0.25, -0.2) is 0 Å². The number of nitrogens with zero attached hydrogens (tertiary/aromatic N) is 3. The van der Waals surface area contributed by atoms with Crippen LogP contribution in [0.4, 0.5) is 0 Å². The second kappa shape index (κ2) is 7.65. The van der Waals surface area contributed by atoms with E-state index < -0.39 is 11.2 Å². The second-order valence-electron chi connectivity index (χ2n) is 10.4. The minimum Gasteiger partial charge on any atom is -0.502 e. The first-order valence-electron chi connectivity index (χ1n) is 12.4. The van der Waals surface area contributed by atoms with Gasteiger partial charge in [0.25, 0.3) is 5.91 Å². The van der Waals surface area contributed by atoms with Gasteiger partial charge in [0.15, 0.2) is 11.4 Å². The van der Waals surface area contributed by atoms with Crippen LogP contribution >= 0.6 is 11.8 Å². The predicted octanol–water partition coefficient (Wildman–Crippen LogP) is 4.63. The van der Waals surface area contributed by atoms with Crippen molar-refractivity contribution in [1.29, 1.82) is 0 Å². The number of aromatic hydroxyl groups is 1. The van der Waals surface area contributed by atoms with Gasteiger partial charge in [0.1, 0.15) is 6.67 Å². The Bertz CT molecular complexity index is 1360. The average molecular weight is 486 g/mol. The highest BCUT2D eigenvalue weighted by molar-refractivity contribution is 7.98. The molecule has 1 atom stereocenters. The SMILES string of the molecule is O=C1c2c(O)c(=O)ccn2N([C@H]2c3ccccc3CSc3ccccc32)CN1C1CC2(CCC2)C1. The predicted molar refractivity (Wildman–Crippen MR) is 135 cm³/mol. The second-order valence-corrected chi connectivity index (χ2v) is 11.4. The fraction of sp³-hybridized carbons (Fsp3) is 0.357. The molecule has 2 saturated carbocycles. The molecule has 7 rings (SSSR count). The molecule has 3 heterocycles. The van der Waals surface area contributed by atoms with Gasteiger partial charge in [-0.2, -0.15) is 0 Å². The lowest BCUT2D eigenvalue weighted by molar-refractivity contribution is -0.0498. The van der Waals surface area contributed by atoms with E-state index in [4.69, 9.17) is 0 Å². The summed E-state index contributed by atoms with van der Waals surface area (Å²) in [6.07, 6.45) is 7.44. The van der Waals surface area contributed by atoms with E-state index in [9.17, 15) is 14.7 Å². The van der Waals surface area contributed by atoms with Crippen LogP contribution in [-0.4, -0.2) is 33.3 Å². The van der Waals surface area contributed by atoms with Gasteiger partial charge in [0, 0.05) is 29.0 Å². The summed E-state index contributed by atoms with van der Waals surface area (Å²) in [4.78, 5) is 29.3. The number of fused-ring (bicyclic) bond motifs is 3. The molecule has 35 heavy (non-hydrogen) atoms. The first-order valence-corrected chi connectivity index (χ1v) is 13.4. The molecule has 0 saturated heterocycles. The van der Waals surface area contributed by atoms with Crippen LogP contribution < -0.4 is 10.4 Å². The van der Waals surface area contributed by atoms with Crippen LogP contribution in [0.1, 0.15) is 65.3 Å². The number of carbonyl (C=O) groups is 1. The smallest absolute Gasteiger partial charge is 0.278 e. The van der Waals surface area contributed by atoms with Crippen molar-refractivity contribution in [3.63, 3.8) is 0 Å². The van der Waals surface area contributed by atoms with E-state index in [1.54, 1.807) is 10.9 Å². The van der Waals surface area contributed by atoms with Crippen molar-refractivity contribution in [2.24, 2.45) is 5.41 Å². The number of aromatic nitrogens is 1. The molecule has 1 spiro atoms. The molecule has 3 aromatic rings. The third kappa shape index (κ3) is 3.10. The van der Waals surface area contributed by atoms with Crippen LogP contribution in [0.25, 0.3) is 0 Å². The quantitative estimate of drug-likeness (QED) is 0.573. The maximum atomic E-state index is 13.7. The van der Waals surface area contributed by atoms with Crippen molar-refractivity contribution >= 4 is 17.7 Å². The van der Waals surface area contributed by atoms with Crippen LogP contribution in [0.15, 0.2) is 70.5 Å². The van der Waals surface area contributed by atoms with Crippen molar-refractivity contribution in [2.75, 3.05) is 11.7 Å². The van der Waals surface area contributed by atoms with Gasteiger partial charge >= 0.3 is 0 Å². The lowest BCUT2D eigenvalue weighted by atomic mass is 9.54. The lowest BCUT2D eigenvalue weighted by Gasteiger charge is -2.58. The molecule has 0 unspecified atom stereocenters. The zero-order chi connectivity index (χ0) is 23.7. The van der Waals surface area contributed by atoms with Gasteiger partial charge in [0.05, 0.1) is 6.04 Å². The topological polar surface area (TPSA) is 65.8 Å². The van der Waals surface area contributed by atoms with Crippen LogP contribution in [0.3, 0.4) is 0 Å².